The number of halogens is 2. The van der Waals surface area contributed by atoms with Crippen LogP contribution >= 0.6 is 34.5 Å². The van der Waals surface area contributed by atoms with Gasteiger partial charge in [0.15, 0.2) is 0 Å². The Bertz CT molecular complexity index is 241. The van der Waals surface area contributed by atoms with Crippen LogP contribution < -0.4 is 0 Å². The summed E-state index contributed by atoms with van der Waals surface area (Å²) in [6, 6.07) is 3.49. The van der Waals surface area contributed by atoms with Crippen LogP contribution in [-0.2, 0) is 0 Å². The molecule has 0 amide bonds. The average molecular weight is 178 g/mol. The zero-order valence-electron chi connectivity index (χ0n) is 4.19. The molecular weight excluding hydrogens is 177 g/mol. The summed E-state index contributed by atoms with van der Waals surface area (Å²) in [6.07, 6.45) is 0. The van der Waals surface area contributed by atoms with Crippen molar-refractivity contribution in [1.82, 2.24) is 0 Å². The van der Waals surface area contributed by atoms with Crippen molar-refractivity contribution >= 4 is 34.5 Å². The van der Waals surface area contributed by atoms with Crippen LogP contribution in [0.1, 0.15) is 4.88 Å². The first-order valence-corrected chi connectivity index (χ1v) is 3.66. The first kappa shape index (κ1) is 6.88. The van der Waals surface area contributed by atoms with E-state index in [2.05, 4.69) is 0 Å². The molecule has 0 unspecified atom stereocenters. The van der Waals surface area contributed by atoms with Crippen molar-refractivity contribution in [2.24, 2.45) is 0 Å². The largest absolute Gasteiger partial charge is 0.192 e. The summed E-state index contributed by atoms with van der Waals surface area (Å²) in [6.45, 7) is 0. The molecule has 46 valence electrons. The van der Waals surface area contributed by atoms with Gasteiger partial charge in [-0.2, -0.15) is 5.26 Å². The third-order valence-electron chi connectivity index (χ3n) is 0.755. The van der Waals surface area contributed by atoms with Gasteiger partial charge in [0.1, 0.15) is 15.3 Å². The van der Waals surface area contributed by atoms with Crippen LogP contribution in [0.15, 0.2) is 6.07 Å². The van der Waals surface area contributed by atoms with Gasteiger partial charge in [0.05, 0.1) is 5.02 Å². The first-order chi connectivity index (χ1) is 4.24. The van der Waals surface area contributed by atoms with E-state index in [0.717, 1.165) is 0 Å². The molecule has 0 aliphatic rings. The molecule has 0 aromatic carbocycles. The molecule has 0 saturated heterocycles. The maximum atomic E-state index is 8.32. The van der Waals surface area contributed by atoms with E-state index in [4.69, 9.17) is 28.5 Å². The Morgan fingerprint density at radius 3 is 2.44 bits per heavy atom. The Labute approximate surface area is 66.4 Å². The molecular formula is C5HCl2NS. The average Bonchev–Trinajstić information content (AvgIpc) is 2.13. The fraction of sp³-hybridized carbons (Fsp3) is 0. The van der Waals surface area contributed by atoms with E-state index >= 15 is 0 Å². The van der Waals surface area contributed by atoms with E-state index in [0.29, 0.717) is 14.2 Å². The van der Waals surface area contributed by atoms with Gasteiger partial charge in [-0.25, -0.2) is 0 Å². The second kappa shape index (κ2) is 2.57. The van der Waals surface area contributed by atoms with Gasteiger partial charge in [0.25, 0.3) is 0 Å². The van der Waals surface area contributed by atoms with E-state index in [9.17, 15) is 0 Å². The molecule has 0 saturated carbocycles. The predicted octanol–water partition coefficient (Wildman–Crippen LogP) is 2.93. The van der Waals surface area contributed by atoms with Gasteiger partial charge in [0, 0.05) is 0 Å². The summed E-state index contributed by atoms with van der Waals surface area (Å²) in [5.41, 5.74) is 0. The molecule has 0 N–H and O–H groups in total. The van der Waals surface area contributed by atoms with Crippen molar-refractivity contribution in [2.45, 2.75) is 0 Å². The van der Waals surface area contributed by atoms with Gasteiger partial charge in [-0.3, -0.25) is 0 Å². The Morgan fingerprint density at radius 2 is 2.22 bits per heavy atom. The molecule has 1 aromatic heterocycles. The number of nitrogens with zero attached hydrogens (tertiary/aromatic N) is 1. The highest BCUT2D eigenvalue weighted by molar-refractivity contribution is 7.17. The fourth-order valence-corrected chi connectivity index (χ4v) is 1.57. The molecule has 0 radical (unpaired) electrons. The predicted molar refractivity (Wildman–Crippen MR) is 39.1 cm³/mol. The monoisotopic (exact) mass is 177 g/mol. The van der Waals surface area contributed by atoms with Crippen molar-refractivity contribution in [3.63, 3.8) is 0 Å². The second-order valence-electron chi connectivity index (χ2n) is 1.34. The van der Waals surface area contributed by atoms with Gasteiger partial charge in [-0.15, -0.1) is 11.3 Å². The maximum absolute atomic E-state index is 8.32. The SMILES string of the molecule is N#Cc1cc(Cl)c(Cl)s1. The normalized spacial score (nSPS) is 9.00. The Morgan fingerprint density at radius 1 is 1.56 bits per heavy atom. The quantitative estimate of drug-likeness (QED) is 0.599. The van der Waals surface area contributed by atoms with Gasteiger partial charge in [0.2, 0.25) is 0 Å². The van der Waals surface area contributed by atoms with Crippen LogP contribution in [0.2, 0.25) is 9.36 Å². The number of hydrogen-bond donors (Lipinski definition) is 0. The molecule has 1 heterocycles. The van der Waals surface area contributed by atoms with Crippen LogP contribution in [-0.4, -0.2) is 0 Å². The fourth-order valence-electron chi connectivity index (χ4n) is 0.402. The Kier molecular flexibility index (Phi) is 1.97. The van der Waals surface area contributed by atoms with Crippen LogP contribution in [0.3, 0.4) is 0 Å². The molecule has 4 heteroatoms. The lowest BCUT2D eigenvalue weighted by molar-refractivity contribution is 1.52. The lowest BCUT2D eigenvalue weighted by atomic mass is 10.5. The number of hydrogen-bond acceptors (Lipinski definition) is 2. The highest BCUT2D eigenvalue weighted by Crippen LogP contribution is 2.30. The smallest absolute Gasteiger partial charge is 0.113 e. The zero-order valence-corrected chi connectivity index (χ0v) is 6.52. The summed E-state index contributed by atoms with van der Waals surface area (Å²) in [5, 5.41) is 8.78. The minimum absolute atomic E-state index is 0.457. The van der Waals surface area contributed by atoms with E-state index in [1.165, 1.54) is 11.3 Å². The molecule has 1 nitrogen and oxygen atoms in total. The molecule has 0 spiro atoms. The van der Waals surface area contributed by atoms with Gasteiger partial charge in [-0.05, 0) is 6.07 Å². The lowest BCUT2D eigenvalue weighted by Crippen LogP contribution is -1.52. The standard InChI is InChI=1S/C5HCl2NS/c6-4-1-3(2-8)9-5(4)7/h1H. The topological polar surface area (TPSA) is 23.8 Å². The minimum Gasteiger partial charge on any atom is -0.192 e. The zero-order chi connectivity index (χ0) is 6.85. The highest BCUT2D eigenvalue weighted by atomic mass is 35.5. The van der Waals surface area contributed by atoms with Crippen LogP contribution in [0.25, 0.3) is 0 Å². The van der Waals surface area contributed by atoms with Crippen LogP contribution in [0, 0.1) is 11.3 Å². The second-order valence-corrected chi connectivity index (χ2v) is 3.41. The maximum Gasteiger partial charge on any atom is 0.113 e. The summed E-state index contributed by atoms with van der Waals surface area (Å²) >= 11 is 12.3. The Hall–Kier alpha value is -0.230. The third kappa shape index (κ3) is 1.36. The molecule has 1 aromatic rings. The van der Waals surface area contributed by atoms with Crippen molar-refractivity contribution in [3.8, 4) is 6.07 Å². The molecule has 0 aliphatic carbocycles. The van der Waals surface area contributed by atoms with Crippen LogP contribution in [0.5, 0.6) is 0 Å². The van der Waals surface area contributed by atoms with Crippen LogP contribution in [0.4, 0.5) is 0 Å². The molecule has 9 heavy (non-hydrogen) atoms. The van der Waals surface area contributed by atoms with Gasteiger partial charge >= 0.3 is 0 Å². The van der Waals surface area contributed by atoms with Crippen molar-refractivity contribution < 1.29 is 0 Å². The van der Waals surface area contributed by atoms with E-state index in [-0.39, 0.29) is 0 Å². The van der Waals surface area contributed by atoms with Crippen molar-refractivity contribution in [2.75, 3.05) is 0 Å². The molecule has 1 rings (SSSR count). The van der Waals surface area contributed by atoms with Gasteiger partial charge in [-0.1, -0.05) is 23.2 Å². The molecule has 0 aliphatic heterocycles. The van der Waals surface area contributed by atoms with Crippen molar-refractivity contribution in [3.05, 3.63) is 20.3 Å². The summed E-state index contributed by atoms with van der Waals surface area (Å²) < 4.78 is 0.480. The lowest BCUT2D eigenvalue weighted by Gasteiger charge is -1.73. The summed E-state index contributed by atoms with van der Waals surface area (Å²) in [5.74, 6) is 0. The van der Waals surface area contributed by atoms with E-state index in [1.54, 1.807) is 6.07 Å². The molecule has 0 fully saturated rings. The molecule has 0 bridgehead atoms. The molecule has 0 atom stereocenters. The summed E-state index contributed by atoms with van der Waals surface area (Å²) in [7, 11) is 0. The first-order valence-electron chi connectivity index (χ1n) is 2.09. The van der Waals surface area contributed by atoms with Gasteiger partial charge < -0.3 is 0 Å². The minimum atomic E-state index is 0.457. The highest BCUT2D eigenvalue weighted by Gasteiger charge is 2.02. The van der Waals surface area contributed by atoms with E-state index < -0.39 is 0 Å². The summed E-state index contributed by atoms with van der Waals surface area (Å²) in [4.78, 5) is 0.546. The van der Waals surface area contributed by atoms with E-state index in [1.807, 2.05) is 6.07 Å². The number of nitriles is 1. The third-order valence-corrected chi connectivity index (χ3v) is 2.53. The van der Waals surface area contributed by atoms with Crippen molar-refractivity contribution in [1.29, 1.82) is 5.26 Å². The number of rotatable bonds is 0. The number of thiophene rings is 1. The Balaban J connectivity index is 3.16.